The maximum atomic E-state index is 12.7. The largest absolute Gasteiger partial charge is 0.426 e. The third-order valence-corrected chi connectivity index (χ3v) is 4.59. The third kappa shape index (κ3) is 4.17. The number of nitrogens with one attached hydrogen (secondary N) is 2. The zero-order chi connectivity index (χ0) is 18.6. The normalized spacial score (nSPS) is 14.4. The lowest BCUT2D eigenvalue weighted by molar-refractivity contribution is -0.137. The van der Waals surface area contributed by atoms with Crippen LogP contribution in [-0.2, 0) is 10.2 Å². The number of amides is 2. The zero-order valence-electron chi connectivity index (χ0n) is 14.5. The van der Waals surface area contributed by atoms with Gasteiger partial charge < -0.3 is 15.4 Å². The summed E-state index contributed by atoms with van der Waals surface area (Å²) >= 11 is 6.05. The van der Waals surface area contributed by atoms with Gasteiger partial charge in [-0.25, -0.2) is 4.79 Å². The molecule has 0 unspecified atom stereocenters. The van der Waals surface area contributed by atoms with Crippen LogP contribution in [0.2, 0.25) is 5.02 Å². The molecule has 26 heavy (non-hydrogen) atoms. The number of ether oxygens (including phenoxy) is 1. The molecular weight excluding hydrogens is 352 g/mol. The van der Waals surface area contributed by atoms with E-state index >= 15 is 0 Å². The number of anilines is 1. The maximum absolute atomic E-state index is 12.7. The van der Waals surface area contributed by atoms with Crippen molar-refractivity contribution in [3.63, 3.8) is 0 Å². The van der Waals surface area contributed by atoms with Gasteiger partial charge in [0.2, 0.25) is 0 Å². The highest BCUT2D eigenvalue weighted by Gasteiger charge is 2.53. The van der Waals surface area contributed by atoms with E-state index in [2.05, 4.69) is 10.6 Å². The minimum Gasteiger partial charge on any atom is -0.426 e. The van der Waals surface area contributed by atoms with Gasteiger partial charge in [0.15, 0.2) is 0 Å². The number of urea groups is 1. The van der Waals surface area contributed by atoms with Crippen molar-refractivity contribution in [2.75, 3.05) is 11.9 Å². The molecule has 0 heterocycles. The highest BCUT2D eigenvalue weighted by Crippen LogP contribution is 2.49. The summed E-state index contributed by atoms with van der Waals surface area (Å²) in [6, 6.07) is 13.9. The molecule has 1 saturated carbocycles. The van der Waals surface area contributed by atoms with E-state index in [-0.39, 0.29) is 12.0 Å². The van der Waals surface area contributed by atoms with Crippen LogP contribution in [0.25, 0.3) is 0 Å². The molecule has 1 aliphatic carbocycles. The molecule has 2 amide bonds. The van der Waals surface area contributed by atoms with Crippen molar-refractivity contribution in [2.24, 2.45) is 0 Å². The molecule has 0 radical (unpaired) electrons. The monoisotopic (exact) mass is 372 g/mol. The van der Waals surface area contributed by atoms with Crippen molar-refractivity contribution >= 4 is 29.3 Å². The summed E-state index contributed by atoms with van der Waals surface area (Å²) in [5.41, 5.74) is 0.826. The molecule has 5 nitrogen and oxygen atoms in total. The van der Waals surface area contributed by atoms with Gasteiger partial charge >= 0.3 is 12.0 Å². The first-order chi connectivity index (χ1) is 12.5. The van der Waals surface area contributed by atoms with E-state index in [0.29, 0.717) is 23.0 Å². The lowest BCUT2D eigenvalue weighted by Gasteiger charge is -2.15. The zero-order valence-corrected chi connectivity index (χ0v) is 15.3. The number of halogens is 1. The average Bonchev–Trinajstić information content (AvgIpc) is 3.42. The lowest BCUT2D eigenvalue weighted by Crippen LogP contribution is -2.29. The minimum absolute atomic E-state index is 0.284. The number of rotatable bonds is 6. The van der Waals surface area contributed by atoms with Crippen molar-refractivity contribution in [1.29, 1.82) is 0 Å². The van der Waals surface area contributed by atoms with E-state index in [9.17, 15) is 9.59 Å². The molecule has 0 saturated heterocycles. The van der Waals surface area contributed by atoms with Gasteiger partial charge in [0.25, 0.3) is 0 Å². The van der Waals surface area contributed by atoms with Gasteiger partial charge in [-0.05, 0) is 49.1 Å². The molecule has 2 aromatic carbocycles. The minimum atomic E-state index is -0.618. The van der Waals surface area contributed by atoms with E-state index in [1.54, 1.807) is 30.3 Å². The molecule has 0 atom stereocenters. The fourth-order valence-electron chi connectivity index (χ4n) is 2.78. The number of esters is 1. The summed E-state index contributed by atoms with van der Waals surface area (Å²) in [5, 5.41) is 6.06. The molecular formula is C20H21ClN2O3. The average molecular weight is 373 g/mol. The molecule has 0 bridgehead atoms. The van der Waals surface area contributed by atoms with E-state index in [0.717, 1.165) is 24.8 Å². The Kier molecular flexibility index (Phi) is 5.47. The Morgan fingerprint density at radius 1 is 1.15 bits per heavy atom. The number of benzene rings is 2. The summed E-state index contributed by atoms with van der Waals surface area (Å²) in [7, 11) is 0. The van der Waals surface area contributed by atoms with Gasteiger partial charge in [-0.2, -0.15) is 0 Å². The summed E-state index contributed by atoms with van der Waals surface area (Å²) in [6.45, 7) is 2.58. The van der Waals surface area contributed by atoms with Crippen LogP contribution in [0, 0.1) is 0 Å². The SMILES string of the molecule is CCCNC(=O)Nc1cccc(OC(=O)C2(c3cccc(Cl)c3)CC2)c1. The predicted molar refractivity (Wildman–Crippen MR) is 102 cm³/mol. The van der Waals surface area contributed by atoms with Crippen LogP contribution in [0.3, 0.4) is 0 Å². The molecule has 0 aliphatic heterocycles. The van der Waals surface area contributed by atoms with Crippen molar-refractivity contribution in [3.8, 4) is 5.75 Å². The highest BCUT2D eigenvalue weighted by atomic mass is 35.5. The summed E-state index contributed by atoms with van der Waals surface area (Å²) < 4.78 is 5.59. The Hall–Kier alpha value is -2.53. The van der Waals surface area contributed by atoms with Crippen LogP contribution < -0.4 is 15.4 Å². The molecule has 0 aromatic heterocycles. The quantitative estimate of drug-likeness (QED) is 0.579. The molecule has 2 N–H and O–H groups in total. The van der Waals surface area contributed by atoms with Crippen molar-refractivity contribution in [1.82, 2.24) is 5.32 Å². The van der Waals surface area contributed by atoms with Crippen LogP contribution in [0.5, 0.6) is 5.75 Å². The van der Waals surface area contributed by atoms with E-state index in [1.807, 2.05) is 25.1 Å². The maximum Gasteiger partial charge on any atom is 0.321 e. The van der Waals surface area contributed by atoms with Crippen LogP contribution in [-0.4, -0.2) is 18.5 Å². The third-order valence-electron chi connectivity index (χ3n) is 4.36. The number of carbonyl (C=O) groups is 2. The van der Waals surface area contributed by atoms with Gasteiger partial charge in [-0.15, -0.1) is 0 Å². The van der Waals surface area contributed by atoms with E-state index < -0.39 is 5.41 Å². The molecule has 136 valence electrons. The molecule has 3 rings (SSSR count). The standard InChI is InChI=1S/C20H21ClN2O3/c1-2-11-22-19(25)23-16-7-4-8-17(13-16)26-18(24)20(9-10-20)14-5-3-6-15(21)12-14/h3-8,12-13H,2,9-11H2,1H3,(H2,22,23,25). The summed E-state index contributed by atoms with van der Waals surface area (Å²) in [4.78, 5) is 24.5. The topological polar surface area (TPSA) is 67.4 Å². The Morgan fingerprint density at radius 3 is 2.62 bits per heavy atom. The molecule has 1 fully saturated rings. The Bertz CT molecular complexity index is 818. The van der Waals surface area contributed by atoms with Crippen molar-refractivity contribution < 1.29 is 14.3 Å². The van der Waals surface area contributed by atoms with Crippen LogP contribution >= 0.6 is 11.6 Å². The fraction of sp³-hybridized carbons (Fsp3) is 0.300. The number of hydrogen-bond donors (Lipinski definition) is 2. The second kappa shape index (κ2) is 7.79. The molecule has 1 aliphatic rings. The Morgan fingerprint density at radius 2 is 1.92 bits per heavy atom. The van der Waals surface area contributed by atoms with Gasteiger partial charge in [0.1, 0.15) is 5.75 Å². The number of carbonyl (C=O) groups excluding carboxylic acids is 2. The van der Waals surface area contributed by atoms with Crippen LogP contribution in [0.1, 0.15) is 31.7 Å². The second-order valence-corrected chi connectivity index (χ2v) is 6.83. The molecule has 6 heteroatoms. The van der Waals surface area contributed by atoms with Crippen molar-refractivity contribution in [3.05, 3.63) is 59.1 Å². The Labute approximate surface area is 157 Å². The van der Waals surface area contributed by atoms with E-state index in [1.165, 1.54) is 0 Å². The fourth-order valence-corrected chi connectivity index (χ4v) is 2.97. The van der Waals surface area contributed by atoms with Crippen LogP contribution in [0.15, 0.2) is 48.5 Å². The first kappa shape index (κ1) is 18.3. The lowest BCUT2D eigenvalue weighted by atomic mass is 9.96. The van der Waals surface area contributed by atoms with Crippen LogP contribution in [0.4, 0.5) is 10.5 Å². The highest BCUT2D eigenvalue weighted by molar-refractivity contribution is 6.30. The Balaban J connectivity index is 1.68. The first-order valence-electron chi connectivity index (χ1n) is 8.67. The van der Waals surface area contributed by atoms with Gasteiger partial charge in [0, 0.05) is 23.3 Å². The van der Waals surface area contributed by atoms with Gasteiger partial charge in [-0.1, -0.05) is 36.7 Å². The van der Waals surface area contributed by atoms with Gasteiger partial charge in [0.05, 0.1) is 5.41 Å². The van der Waals surface area contributed by atoms with E-state index in [4.69, 9.17) is 16.3 Å². The van der Waals surface area contributed by atoms with Gasteiger partial charge in [-0.3, -0.25) is 4.79 Å². The molecule has 2 aromatic rings. The summed E-state index contributed by atoms with van der Waals surface area (Å²) in [5.74, 6) is 0.101. The smallest absolute Gasteiger partial charge is 0.321 e. The first-order valence-corrected chi connectivity index (χ1v) is 9.04. The molecule has 0 spiro atoms. The second-order valence-electron chi connectivity index (χ2n) is 6.39. The van der Waals surface area contributed by atoms with Crippen molar-refractivity contribution in [2.45, 2.75) is 31.6 Å². The number of hydrogen-bond acceptors (Lipinski definition) is 3. The predicted octanol–water partition coefficient (Wildman–Crippen LogP) is 4.51. The summed E-state index contributed by atoms with van der Waals surface area (Å²) in [6.07, 6.45) is 2.34.